The van der Waals surface area contributed by atoms with E-state index in [4.69, 9.17) is 11.6 Å². The topological polar surface area (TPSA) is 132 Å². The normalized spacial score (nSPS) is 11.1. The van der Waals surface area contributed by atoms with Gasteiger partial charge in [-0.3, -0.25) is 9.89 Å². The zero-order valence-corrected chi connectivity index (χ0v) is 22.5. The maximum absolute atomic E-state index is 12.3. The highest BCUT2D eigenvalue weighted by Gasteiger charge is 2.12. The molecule has 0 aliphatic rings. The van der Waals surface area contributed by atoms with Gasteiger partial charge in [-0.05, 0) is 35.7 Å². The minimum absolute atomic E-state index is 0.0223. The SMILES string of the molecule is O=C(CCNCc1ccc(-c2ccccc2)c(Cl)c1)NCCCNc1nc2cc(C(=O)O)ccc2c2cn[nH]c12. The fraction of sp³-hybridized carbons (Fsp3) is 0.200. The van der Waals surface area contributed by atoms with Crippen molar-refractivity contribution in [2.45, 2.75) is 19.4 Å². The number of pyridine rings is 1. The molecule has 0 atom stereocenters. The lowest BCUT2D eigenvalue weighted by molar-refractivity contribution is -0.121. The predicted octanol–water partition coefficient (Wildman–Crippen LogP) is 5.23. The molecule has 0 aliphatic heterocycles. The smallest absolute Gasteiger partial charge is 0.335 e. The number of aromatic nitrogens is 3. The lowest BCUT2D eigenvalue weighted by Gasteiger charge is -2.10. The maximum atomic E-state index is 12.3. The lowest BCUT2D eigenvalue weighted by atomic mass is 10.0. The molecule has 40 heavy (non-hydrogen) atoms. The Morgan fingerprint density at radius 1 is 0.950 bits per heavy atom. The molecule has 0 saturated heterocycles. The van der Waals surface area contributed by atoms with Crippen molar-refractivity contribution in [3.63, 3.8) is 0 Å². The van der Waals surface area contributed by atoms with Gasteiger partial charge in [-0.15, -0.1) is 0 Å². The third-order valence-electron chi connectivity index (χ3n) is 6.59. The van der Waals surface area contributed by atoms with Crippen LogP contribution >= 0.6 is 11.6 Å². The van der Waals surface area contributed by atoms with E-state index < -0.39 is 5.97 Å². The second-order valence-electron chi connectivity index (χ2n) is 9.39. The van der Waals surface area contributed by atoms with Crippen molar-refractivity contribution < 1.29 is 14.7 Å². The number of nitrogens with zero attached hydrogens (tertiary/aromatic N) is 2. The van der Waals surface area contributed by atoms with Gasteiger partial charge in [-0.1, -0.05) is 60.1 Å². The van der Waals surface area contributed by atoms with Crippen LogP contribution in [0.1, 0.15) is 28.8 Å². The Morgan fingerprint density at radius 2 is 1.80 bits per heavy atom. The van der Waals surface area contributed by atoms with Crippen molar-refractivity contribution in [3.8, 4) is 11.1 Å². The molecule has 0 fully saturated rings. The van der Waals surface area contributed by atoms with Crippen LogP contribution in [0.25, 0.3) is 32.9 Å². The fourth-order valence-electron chi connectivity index (χ4n) is 4.53. The molecule has 9 nitrogen and oxygen atoms in total. The van der Waals surface area contributed by atoms with Crippen LogP contribution in [0.15, 0.2) is 72.9 Å². The summed E-state index contributed by atoms with van der Waals surface area (Å²) in [4.78, 5) is 28.2. The molecule has 5 rings (SSSR count). The number of carbonyl (C=O) groups is 2. The zero-order chi connectivity index (χ0) is 27.9. The number of amides is 1. The van der Waals surface area contributed by atoms with Gasteiger partial charge in [0.2, 0.25) is 5.91 Å². The number of aromatic amines is 1. The van der Waals surface area contributed by atoms with E-state index in [1.165, 1.54) is 0 Å². The lowest BCUT2D eigenvalue weighted by Crippen LogP contribution is -2.29. The van der Waals surface area contributed by atoms with Crippen LogP contribution in [0.4, 0.5) is 5.82 Å². The Balaban J connectivity index is 1.04. The highest BCUT2D eigenvalue weighted by atomic mass is 35.5. The van der Waals surface area contributed by atoms with Crippen molar-refractivity contribution in [2.24, 2.45) is 0 Å². The molecule has 3 aromatic carbocycles. The van der Waals surface area contributed by atoms with E-state index in [9.17, 15) is 14.7 Å². The highest BCUT2D eigenvalue weighted by Crippen LogP contribution is 2.29. The number of halogens is 1. The summed E-state index contributed by atoms with van der Waals surface area (Å²) in [5, 5.41) is 28.3. The van der Waals surface area contributed by atoms with Gasteiger partial charge in [0.25, 0.3) is 0 Å². The van der Waals surface area contributed by atoms with Crippen molar-refractivity contribution in [3.05, 3.63) is 89.1 Å². The number of aromatic carboxylic acids is 1. The maximum Gasteiger partial charge on any atom is 0.335 e. The quantitative estimate of drug-likeness (QED) is 0.133. The Morgan fingerprint density at radius 3 is 2.60 bits per heavy atom. The molecular weight excluding hydrogens is 528 g/mol. The first kappa shape index (κ1) is 27.1. The van der Waals surface area contributed by atoms with Crippen LogP contribution in [-0.4, -0.2) is 51.8 Å². The number of anilines is 1. The number of carbonyl (C=O) groups excluding carboxylic acids is 1. The second-order valence-corrected chi connectivity index (χ2v) is 9.80. The minimum Gasteiger partial charge on any atom is -0.478 e. The van der Waals surface area contributed by atoms with E-state index >= 15 is 0 Å². The van der Waals surface area contributed by atoms with Crippen LogP contribution in [0, 0.1) is 0 Å². The summed E-state index contributed by atoms with van der Waals surface area (Å²) in [5.41, 5.74) is 4.64. The van der Waals surface area contributed by atoms with Gasteiger partial charge in [0, 0.05) is 54.0 Å². The number of benzene rings is 3. The van der Waals surface area contributed by atoms with Gasteiger partial charge in [-0.2, -0.15) is 5.10 Å². The Hall–Kier alpha value is -4.47. The van der Waals surface area contributed by atoms with Crippen LogP contribution < -0.4 is 16.0 Å². The standard InChI is InChI=1S/C30H29ClN6O3/c31-25-15-19(7-9-22(25)20-5-2-1-3-6-20)17-32-14-11-27(38)33-12-4-13-34-29-28-24(18-35-37-28)23-10-8-21(30(39)40)16-26(23)36-29/h1-3,5-10,15-16,18,32H,4,11-14,17H2,(H,33,38)(H,34,36)(H,35,37)(H,39,40). The molecule has 0 bridgehead atoms. The average Bonchev–Trinajstić information content (AvgIpc) is 3.46. The second kappa shape index (κ2) is 12.6. The number of carboxylic acids is 1. The molecule has 0 aliphatic carbocycles. The molecular formula is C30H29ClN6O3. The number of H-pyrrole nitrogens is 1. The van der Waals surface area contributed by atoms with Gasteiger partial charge < -0.3 is 21.1 Å². The van der Waals surface area contributed by atoms with E-state index in [1.807, 2.05) is 48.5 Å². The molecule has 0 spiro atoms. The molecule has 10 heteroatoms. The molecule has 5 aromatic rings. The van der Waals surface area contributed by atoms with Crippen LogP contribution in [-0.2, 0) is 11.3 Å². The van der Waals surface area contributed by atoms with Crippen LogP contribution in [0.2, 0.25) is 5.02 Å². The summed E-state index contributed by atoms with van der Waals surface area (Å²) in [5.74, 6) is -0.431. The molecule has 1 amide bonds. The van der Waals surface area contributed by atoms with Crippen LogP contribution in [0.5, 0.6) is 0 Å². The molecule has 0 unspecified atom stereocenters. The van der Waals surface area contributed by atoms with E-state index in [2.05, 4.69) is 31.1 Å². The first-order valence-corrected chi connectivity index (χ1v) is 13.4. The van der Waals surface area contributed by atoms with E-state index in [0.29, 0.717) is 55.4 Å². The van der Waals surface area contributed by atoms with Crippen LogP contribution in [0.3, 0.4) is 0 Å². The third kappa shape index (κ3) is 6.39. The largest absolute Gasteiger partial charge is 0.478 e. The summed E-state index contributed by atoms with van der Waals surface area (Å²) in [6.45, 7) is 2.27. The molecule has 204 valence electrons. The van der Waals surface area contributed by atoms with Crippen molar-refractivity contribution in [1.29, 1.82) is 0 Å². The highest BCUT2D eigenvalue weighted by molar-refractivity contribution is 6.33. The van der Waals surface area contributed by atoms with Gasteiger partial charge in [0.1, 0.15) is 5.52 Å². The van der Waals surface area contributed by atoms with E-state index in [1.54, 1.807) is 24.4 Å². The van der Waals surface area contributed by atoms with E-state index in [-0.39, 0.29) is 11.5 Å². The molecule has 5 N–H and O–H groups in total. The number of rotatable bonds is 12. The third-order valence-corrected chi connectivity index (χ3v) is 6.90. The zero-order valence-electron chi connectivity index (χ0n) is 21.7. The summed E-state index contributed by atoms with van der Waals surface area (Å²) in [6, 6.07) is 20.9. The molecule has 0 radical (unpaired) electrons. The minimum atomic E-state index is -1.00. The van der Waals surface area contributed by atoms with Gasteiger partial charge >= 0.3 is 5.97 Å². The average molecular weight is 557 g/mol. The van der Waals surface area contributed by atoms with Crippen molar-refractivity contribution >= 4 is 51.1 Å². The van der Waals surface area contributed by atoms with Gasteiger partial charge in [0.05, 0.1) is 17.3 Å². The first-order chi connectivity index (χ1) is 19.5. The fourth-order valence-corrected chi connectivity index (χ4v) is 4.84. The Labute approximate surface area is 236 Å². The summed E-state index contributed by atoms with van der Waals surface area (Å²) in [6.07, 6.45) is 2.76. The van der Waals surface area contributed by atoms with Crippen molar-refractivity contribution in [1.82, 2.24) is 25.8 Å². The number of hydrogen-bond donors (Lipinski definition) is 5. The summed E-state index contributed by atoms with van der Waals surface area (Å²) >= 11 is 6.49. The number of nitrogens with one attached hydrogen (secondary N) is 4. The number of hydrogen-bond acceptors (Lipinski definition) is 6. The number of carboxylic acid groups (broad SMARTS) is 1. The molecule has 2 heterocycles. The monoisotopic (exact) mass is 556 g/mol. The predicted molar refractivity (Wildman–Crippen MR) is 158 cm³/mol. The summed E-state index contributed by atoms with van der Waals surface area (Å²) < 4.78 is 0. The Kier molecular flexibility index (Phi) is 8.53. The number of fused-ring (bicyclic) bond motifs is 3. The summed E-state index contributed by atoms with van der Waals surface area (Å²) in [7, 11) is 0. The molecule has 2 aromatic heterocycles. The van der Waals surface area contributed by atoms with Crippen molar-refractivity contribution in [2.75, 3.05) is 25.0 Å². The molecule has 0 saturated carbocycles. The van der Waals surface area contributed by atoms with E-state index in [0.717, 1.165) is 33.0 Å². The first-order valence-electron chi connectivity index (χ1n) is 13.0. The van der Waals surface area contributed by atoms with Gasteiger partial charge in [0.15, 0.2) is 5.82 Å². The van der Waals surface area contributed by atoms with Gasteiger partial charge in [-0.25, -0.2) is 9.78 Å². The Bertz CT molecular complexity index is 1650.